The highest BCUT2D eigenvalue weighted by Gasteiger charge is 2.19. The number of carboxylic acid groups (broad SMARTS) is 1. The Morgan fingerprint density at radius 2 is 1.75 bits per heavy atom. The van der Waals surface area contributed by atoms with E-state index < -0.39 is 17.8 Å². The predicted octanol–water partition coefficient (Wildman–Crippen LogP) is 0.665. The molecule has 0 radical (unpaired) electrons. The fourth-order valence-electron chi connectivity index (χ4n) is 1.42. The van der Waals surface area contributed by atoms with Crippen LogP contribution in [-0.4, -0.2) is 22.9 Å². The van der Waals surface area contributed by atoms with E-state index in [0.29, 0.717) is 11.4 Å². The molecule has 82 valence electrons. The van der Waals surface area contributed by atoms with Crippen molar-refractivity contribution in [2.45, 2.75) is 6.42 Å². The highest BCUT2D eigenvalue weighted by Crippen LogP contribution is 2.25. The molecule has 0 aromatic heterocycles. The molecule has 0 saturated heterocycles. The fourth-order valence-corrected chi connectivity index (χ4v) is 1.42. The smallest absolute Gasteiger partial charge is 0.335 e. The van der Waals surface area contributed by atoms with Gasteiger partial charge in [-0.3, -0.25) is 9.59 Å². The molecule has 1 aromatic carbocycles. The third-order valence-electron chi connectivity index (χ3n) is 2.14. The van der Waals surface area contributed by atoms with E-state index in [9.17, 15) is 14.4 Å². The summed E-state index contributed by atoms with van der Waals surface area (Å²) in [6.45, 7) is 0. The summed E-state index contributed by atoms with van der Waals surface area (Å²) >= 11 is 0. The molecule has 1 aliphatic rings. The Labute approximate surface area is 90.3 Å². The molecule has 0 atom stereocenters. The number of aromatic carboxylic acids is 1. The van der Waals surface area contributed by atoms with Crippen LogP contribution in [0.25, 0.3) is 0 Å². The summed E-state index contributed by atoms with van der Waals surface area (Å²) in [6.07, 6.45) is -0.267. The van der Waals surface area contributed by atoms with Gasteiger partial charge in [-0.2, -0.15) is 0 Å². The lowest BCUT2D eigenvalue weighted by Gasteiger charge is -2.07. The van der Waals surface area contributed by atoms with Crippen molar-refractivity contribution in [1.82, 2.24) is 0 Å². The number of benzene rings is 1. The first-order valence-corrected chi connectivity index (χ1v) is 4.53. The molecular weight excluding hydrogens is 212 g/mol. The number of hydrogen-bond donors (Lipinski definition) is 3. The van der Waals surface area contributed by atoms with Crippen LogP contribution in [0.1, 0.15) is 16.8 Å². The highest BCUT2D eigenvalue weighted by molar-refractivity contribution is 6.13. The number of nitrogens with one attached hydrogen (secondary N) is 2. The SMILES string of the molecule is O=C1CC(=O)Nc2cc(C(=O)O)ccc2N1. The van der Waals surface area contributed by atoms with Crippen LogP contribution >= 0.6 is 0 Å². The molecule has 0 saturated carbocycles. The summed E-state index contributed by atoms with van der Waals surface area (Å²) in [4.78, 5) is 33.1. The monoisotopic (exact) mass is 220 g/mol. The number of fused-ring (bicyclic) bond motifs is 1. The second-order valence-electron chi connectivity index (χ2n) is 3.34. The normalized spacial score (nSPS) is 14.5. The summed E-state index contributed by atoms with van der Waals surface area (Å²) in [7, 11) is 0. The first kappa shape index (κ1) is 10.2. The van der Waals surface area contributed by atoms with E-state index in [4.69, 9.17) is 5.11 Å². The molecule has 0 aliphatic carbocycles. The Morgan fingerprint density at radius 1 is 1.12 bits per heavy atom. The van der Waals surface area contributed by atoms with Crippen LogP contribution < -0.4 is 10.6 Å². The molecule has 2 rings (SSSR count). The summed E-state index contributed by atoms with van der Waals surface area (Å²) in [5.74, 6) is -1.97. The number of hydrogen-bond acceptors (Lipinski definition) is 3. The summed E-state index contributed by atoms with van der Waals surface area (Å²) in [6, 6.07) is 4.11. The van der Waals surface area contributed by atoms with E-state index in [-0.39, 0.29) is 12.0 Å². The number of carbonyl (C=O) groups excluding carboxylic acids is 2. The molecule has 1 aliphatic heterocycles. The highest BCUT2D eigenvalue weighted by atomic mass is 16.4. The van der Waals surface area contributed by atoms with Crippen LogP contribution in [0.5, 0.6) is 0 Å². The van der Waals surface area contributed by atoms with Gasteiger partial charge in [0.05, 0.1) is 16.9 Å². The van der Waals surface area contributed by atoms with E-state index in [2.05, 4.69) is 10.6 Å². The molecule has 2 amide bonds. The first-order valence-electron chi connectivity index (χ1n) is 4.53. The minimum Gasteiger partial charge on any atom is -0.478 e. The zero-order chi connectivity index (χ0) is 11.7. The Balaban J connectivity index is 2.46. The molecule has 0 unspecified atom stereocenters. The minimum atomic E-state index is -1.09. The van der Waals surface area contributed by atoms with Gasteiger partial charge in [0.15, 0.2) is 0 Å². The average molecular weight is 220 g/mol. The molecule has 0 fully saturated rings. The lowest BCUT2D eigenvalue weighted by atomic mass is 10.1. The zero-order valence-electron chi connectivity index (χ0n) is 8.11. The largest absolute Gasteiger partial charge is 0.478 e. The summed E-state index contributed by atoms with van der Waals surface area (Å²) < 4.78 is 0. The fraction of sp³-hybridized carbons (Fsp3) is 0.100. The van der Waals surface area contributed by atoms with Gasteiger partial charge in [-0.05, 0) is 18.2 Å². The van der Waals surface area contributed by atoms with Crippen LogP contribution in [0.15, 0.2) is 18.2 Å². The van der Waals surface area contributed by atoms with Crippen LogP contribution in [0.3, 0.4) is 0 Å². The molecule has 16 heavy (non-hydrogen) atoms. The van der Waals surface area contributed by atoms with Gasteiger partial charge in [0, 0.05) is 0 Å². The molecule has 1 heterocycles. The first-order chi connectivity index (χ1) is 7.56. The van der Waals surface area contributed by atoms with Crippen LogP contribution in [0, 0.1) is 0 Å². The maximum absolute atomic E-state index is 11.2. The minimum absolute atomic E-state index is 0.0511. The number of anilines is 2. The number of carbonyl (C=O) groups is 3. The quantitative estimate of drug-likeness (QED) is 0.606. The van der Waals surface area contributed by atoms with Gasteiger partial charge in [0.1, 0.15) is 6.42 Å². The lowest BCUT2D eigenvalue weighted by molar-refractivity contribution is -0.123. The van der Waals surface area contributed by atoms with Crippen LogP contribution in [0.4, 0.5) is 11.4 Å². The average Bonchev–Trinajstić information content (AvgIpc) is 2.32. The maximum atomic E-state index is 11.2. The standard InChI is InChI=1S/C10H8N2O4/c13-8-4-9(14)12-7-3-5(10(15)16)1-2-6(7)11-8/h1-3H,4H2,(H,11,13)(H,12,14)(H,15,16). The van der Waals surface area contributed by atoms with E-state index in [1.54, 1.807) is 0 Å². The van der Waals surface area contributed by atoms with Crippen molar-refractivity contribution >= 4 is 29.2 Å². The second-order valence-corrected chi connectivity index (χ2v) is 3.34. The number of amides is 2. The van der Waals surface area contributed by atoms with Crippen molar-refractivity contribution in [3.8, 4) is 0 Å². The van der Waals surface area contributed by atoms with Crippen LogP contribution in [0.2, 0.25) is 0 Å². The molecule has 6 nitrogen and oxygen atoms in total. The van der Waals surface area contributed by atoms with Gasteiger partial charge in [-0.1, -0.05) is 0 Å². The number of carboxylic acids is 1. The van der Waals surface area contributed by atoms with E-state index in [1.165, 1.54) is 18.2 Å². The van der Waals surface area contributed by atoms with Crippen molar-refractivity contribution in [3.05, 3.63) is 23.8 Å². The Morgan fingerprint density at radius 3 is 2.38 bits per heavy atom. The molecular formula is C10H8N2O4. The summed E-state index contributed by atoms with van der Waals surface area (Å²) in [5.41, 5.74) is 0.756. The van der Waals surface area contributed by atoms with Crippen molar-refractivity contribution in [2.24, 2.45) is 0 Å². The second kappa shape index (κ2) is 3.65. The lowest BCUT2D eigenvalue weighted by Crippen LogP contribution is -2.16. The zero-order valence-corrected chi connectivity index (χ0v) is 8.11. The molecule has 1 aromatic rings. The molecule has 3 N–H and O–H groups in total. The topological polar surface area (TPSA) is 95.5 Å². The van der Waals surface area contributed by atoms with Crippen molar-refractivity contribution in [2.75, 3.05) is 10.6 Å². The van der Waals surface area contributed by atoms with Crippen molar-refractivity contribution < 1.29 is 19.5 Å². The van der Waals surface area contributed by atoms with E-state index in [1.807, 2.05) is 0 Å². The molecule has 0 bridgehead atoms. The third kappa shape index (κ3) is 1.85. The Bertz CT molecular complexity index is 496. The Kier molecular flexibility index (Phi) is 2.32. The predicted molar refractivity (Wildman–Crippen MR) is 55.3 cm³/mol. The number of rotatable bonds is 1. The molecule has 6 heteroatoms. The van der Waals surface area contributed by atoms with Gasteiger partial charge in [-0.25, -0.2) is 4.79 Å². The third-order valence-corrected chi connectivity index (χ3v) is 2.14. The van der Waals surface area contributed by atoms with E-state index >= 15 is 0 Å². The van der Waals surface area contributed by atoms with E-state index in [0.717, 1.165) is 0 Å². The van der Waals surface area contributed by atoms with Gasteiger partial charge in [-0.15, -0.1) is 0 Å². The van der Waals surface area contributed by atoms with Gasteiger partial charge < -0.3 is 15.7 Å². The van der Waals surface area contributed by atoms with Gasteiger partial charge in [0.25, 0.3) is 0 Å². The van der Waals surface area contributed by atoms with Crippen molar-refractivity contribution in [1.29, 1.82) is 0 Å². The molecule has 0 spiro atoms. The van der Waals surface area contributed by atoms with Gasteiger partial charge in [0.2, 0.25) is 11.8 Å². The Hall–Kier alpha value is -2.37. The summed E-state index contributed by atoms with van der Waals surface area (Å²) in [5, 5.41) is 13.7. The van der Waals surface area contributed by atoms with Gasteiger partial charge >= 0.3 is 5.97 Å². The maximum Gasteiger partial charge on any atom is 0.335 e. The van der Waals surface area contributed by atoms with Crippen molar-refractivity contribution in [3.63, 3.8) is 0 Å². The van der Waals surface area contributed by atoms with Crippen LogP contribution in [-0.2, 0) is 9.59 Å².